The van der Waals surface area contributed by atoms with Gasteiger partial charge in [0.1, 0.15) is 17.4 Å². The quantitative estimate of drug-likeness (QED) is 0.448. The molecule has 0 spiro atoms. The summed E-state index contributed by atoms with van der Waals surface area (Å²) in [5, 5.41) is 14.6. The topological polar surface area (TPSA) is 77.4 Å². The molecule has 0 aliphatic heterocycles. The second kappa shape index (κ2) is 8.61. The zero-order valence-electron chi connectivity index (χ0n) is 12.5. The molecule has 6 nitrogen and oxygen atoms in total. The Kier molecular flexibility index (Phi) is 6.78. The Morgan fingerprint density at radius 2 is 2.05 bits per heavy atom. The van der Waals surface area contributed by atoms with Crippen LogP contribution in [0.3, 0.4) is 0 Å². The van der Waals surface area contributed by atoms with Gasteiger partial charge in [-0.3, -0.25) is 4.79 Å². The predicted octanol–water partition coefficient (Wildman–Crippen LogP) is 1.19. The molecule has 1 rings (SSSR count). The van der Waals surface area contributed by atoms with E-state index in [0.717, 1.165) is 6.54 Å². The van der Waals surface area contributed by atoms with Crippen LogP contribution in [0, 0.1) is 11.3 Å². The highest BCUT2D eigenvalue weighted by atomic mass is 16.5. The molecule has 112 valence electrons. The number of benzene rings is 1. The maximum atomic E-state index is 11.9. The molecule has 0 radical (unpaired) electrons. The molecular formula is C15H20N4O2. The summed E-state index contributed by atoms with van der Waals surface area (Å²) < 4.78 is 5.04. The zero-order chi connectivity index (χ0) is 15.7. The maximum Gasteiger partial charge on any atom is 0.267 e. The fraction of sp³-hybridized carbons (Fsp3) is 0.333. The molecule has 6 heteroatoms. The first-order valence-corrected chi connectivity index (χ1v) is 6.50. The van der Waals surface area contributed by atoms with Gasteiger partial charge in [0.15, 0.2) is 0 Å². The van der Waals surface area contributed by atoms with E-state index in [4.69, 9.17) is 10.00 Å². The smallest absolute Gasteiger partial charge is 0.267 e. The lowest BCUT2D eigenvalue weighted by Gasteiger charge is -2.09. The molecule has 1 aromatic carbocycles. The highest BCUT2D eigenvalue weighted by Crippen LogP contribution is 2.15. The second-order valence-corrected chi connectivity index (χ2v) is 4.61. The van der Waals surface area contributed by atoms with Crippen molar-refractivity contribution in [2.45, 2.75) is 0 Å². The molecule has 0 aliphatic carbocycles. The number of carbonyl (C=O) groups excluding carboxylic acids is 1. The van der Waals surface area contributed by atoms with Crippen molar-refractivity contribution in [2.75, 3.05) is 39.6 Å². The number of ether oxygens (including phenoxy) is 1. The van der Waals surface area contributed by atoms with Gasteiger partial charge in [0.2, 0.25) is 0 Å². The normalized spacial score (nSPS) is 10.9. The first-order valence-electron chi connectivity index (χ1n) is 6.50. The van der Waals surface area contributed by atoms with Crippen LogP contribution in [-0.2, 0) is 4.79 Å². The molecule has 0 unspecified atom stereocenters. The molecule has 0 atom stereocenters. The van der Waals surface area contributed by atoms with Crippen molar-refractivity contribution in [1.82, 2.24) is 10.2 Å². The largest absolute Gasteiger partial charge is 0.497 e. The average Bonchev–Trinajstić information content (AvgIpc) is 2.47. The number of carbonyl (C=O) groups is 1. The van der Waals surface area contributed by atoms with Gasteiger partial charge in [0.05, 0.1) is 7.11 Å². The number of nitrogens with zero attached hydrogens (tertiary/aromatic N) is 2. The van der Waals surface area contributed by atoms with Gasteiger partial charge in [-0.2, -0.15) is 5.26 Å². The van der Waals surface area contributed by atoms with Crippen LogP contribution in [0.5, 0.6) is 5.75 Å². The Labute approximate surface area is 125 Å². The van der Waals surface area contributed by atoms with Crippen LogP contribution >= 0.6 is 0 Å². The summed E-state index contributed by atoms with van der Waals surface area (Å²) in [6, 6.07) is 8.78. The van der Waals surface area contributed by atoms with Gasteiger partial charge in [-0.05, 0) is 38.4 Å². The summed E-state index contributed by atoms with van der Waals surface area (Å²) in [5.74, 6) is 0.259. The fourth-order valence-corrected chi connectivity index (χ4v) is 1.48. The van der Waals surface area contributed by atoms with Crippen molar-refractivity contribution in [3.63, 3.8) is 0 Å². The lowest BCUT2D eigenvalue weighted by atomic mass is 10.2. The third kappa shape index (κ3) is 5.97. The van der Waals surface area contributed by atoms with E-state index < -0.39 is 5.91 Å². The molecule has 0 aliphatic rings. The number of hydrogen-bond donors (Lipinski definition) is 2. The van der Waals surface area contributed by atoms with Crippen LogP contribution < -0.4 is 15.4 Å². The summed E-state index contributed by atoms with van der Waals surface area (Å²) in [7, 11) is 5.48. The van der Waals surface area contributed by atoms with E-state index in [1.54, 1.807) is 31.4 Å². The van der Waals surface area contributed by atoms with Gasteiger partial charge in [-0.15, -0.1) is 0 Å². The Morgan fingerprint density at radius 1 is 1.38 bits per heavy atom. The molecule has 0 heterocycles. The molecule has 0 aromatic heterocycles. The minimum Gasteiger partial charge on any atom is -0.497 e. The summed E-state index contributed by atoms with van der Waals surface area (Å²) >= 11 is 0. The van der Waals surface area contributed by atoms with Crippen molar-refractivity contribution < 1.29 is 9.53 Å². The molecule has 0 saturated carbocycles. The minimum absolute atomic E-state index is 0.0320. The number of nitriles is 1. The van der Waals surface area contributed by atoms with Crippen molar-refractivity contribution in [1.29, 1.82) is 5.26 Å². The number of anilines is 1. The molecule has 0 bridgehead atoms. The van der Waals surface area contributed by atoms with Crippen LogP contribution in [0.2, 0.25) is 0 Å². The Hall–Kier alpha value is -2.52. The van der Waals surface area contributed by atoms with Crippen LogP contribution in [0.1, 0.15) is 0 Å². The third-order valence-corrected chi connectivity index (χ3v) is 2.66. The van der Waals surface area contributed by atoms with Gasteiger partial charge in [-0.1, -0.05) is 0 Å². The number of likely N-dealkylation sites (N-methyl/N-ethyl adjacent to an activating group) is 1. The van der Waals surface area contributed by atoms with Crippen LogP contribution in [0.4, 0.5) is 5.69 Å². The monoisotopic (exact) mass is 288 g/mol. The van der Waals surface area contributed by atoms with Crippen LogP contribution in [0.25, 0.3) is 0 Å². The van der Waals surface area contributed by atoms with Gasteiger partial charge < -0.3 is 20.3 Å². The number of rotatable bonds is 7. The van der Waals surface area contributed by atoms with Crippen molar-refractivity contribution in [3.05, 3.63) is 36.0 Å². The van der Waals surface area contributed by atoms with E-state index in [1.165, 1.54) is 6.20 Å². The van der Waals surface area contributed by atoms with Gasteiger partial charge in [0.25, 0.3) is 5.91 Å². The van der Waals surface area contributed by atoms with E-state index in [9.17, 15) is 4.79 Å². The molecule has 1 amide bonds. The Balaban J connectivity index is 2.58. The highest BCUT2D eigenvalue weighted by molar-refractivity contribution is 6.06. The number of methoxy groups -OCH3 is 1. The maximum absolute atomic E-state index is 11.9. The second-order valence-electron chi connectivity index (χ2n) is 4.61. The van der Waals surface area contributed by atoms with Gasteiger partial charge in [0, 0.05) is 25.0 Å². The van der Waals surface area contributed by atoms with E-state index in [2.05, 4.69) is 10.6 Å². The van der Waals surface area contributed by atoms with Crippen molar-refractivity contribution in [3.8, 4) is 11.8 Å². The summed E-state index contributed by atoms with van der Waals surface area (Å²) in [4.78, 5) is 13.9. The minimum atomic E-state index is -0.444. The fourth-order valence-electron chi connectivity index (χ4n) is 1.48. The van der Waals surface area contributed by atoms with Gasteiger partial charge >= 0.3 is 0 Å². The molecule has 1 aromatic rings. The first-order chi connectivity index (χ1) is 10.1. The Morgan fingerprint density at radius 3 is 2.57 bits per heavy atom. The van der Waals surface area contributed by atoms with E-state index in [0.29, 0.717) is 18.0 Å². The molecular weight excluding hydrogens is 268 g/mol. The SMILES string of the molecule is COc1ccc(NC(=O)/C(C#N)=C\NCCN(C)C)cc1. The molecule has 0 saturated heterocycles. The van der Waals surface area contributed by atoms with Crippen molar-refractivity contribution >= 4 is 11.6 Å². The first kappa shape index (κ1) is 16.5. The van der Waals surface area contributed by atoms with Crippen LogP contribution in [0.15, 0.2) is 36.0 Å². The number of nitrogens with one attached hydrogen (secondary N) is 2. The lowest BCUT2D eigenvalue weighted by molar-refractivity contribution is -0.112. The van der Waals surface area contributed by atoms with Gasteiger partial charge in [-0.25, -0.2) is 0 Å². The average molecular weight is 288 g/mol. The summed E-state index contributed by atoms with van der Waals surface area (Å²) in [5.41, 5.74) is 0.639. The standard InChI is InChI=1S/C15H20N4O2/c1-19(2)9-8-17-11-12(10-16)15(20)18-13-4-6-14(21-3)7-5-13/h4-7,11,17H,8-9H2,1-3H3,(H,18,20)/b12-11-. The zero-order valence-corrected chi connectivity index (χ0v) is 12.5. The highest BCUT2D eigenvalue weighted by Gasteiger charge is 2.09. The number of hydrogen-bond acceptors (Lipinski definition) is 5. The van der Waals surface area contributed by atoms with E-state index in [1.807, 2.05) is 25.1 Å². The lowest BCUT2D eigenvalue weighted by Crippen LogP contribution is -2.24. The summed E-state index contributed by atoms with van der Waals surface area (Å²) in [6.45, 7) is 1.48. The predicted molar refractivity (Wildman–Crippen MR) is 81.9 cm³/mol. The molecule has 21 heavy (non-hydrogen) atoms. The molecule has 0 fully saturated rings. The number of amides is 1. The van der Waals surface area contributed by atoms with Crippen LogP contribution in [-0.4, -0.2) is 45.1 Å². The third-order valence-electron chi connectivity index (χ3n) is 2.66. The van der Waals surface area contributed by atoms with E-state index in [-0.39, 0.29) is 5.57 Å². The Bertz CT molecular complexity index is 530. The van der Waals surface area contributed by atoms with E-state index >= 15 is 0 Å². The molecule has 2 N–H and O–H groups in total. The van der Waals surface area contributed by atoms with Crippen molar-refractivity contribution in [2.24, 2.45) is 0 Å². The summed E-state index contributed by atoms with van der Waals surface area (Å²) in [6.07, 6.45) is 1.43.